The normalized spacial score (nSPS) is 14.4. The highest BCUT2D eigenvalue weighted by molar-refractivity contribution is 9.10. The number of nitrogens with one attached hydrogen (secondary N) is 3. The molecule has 3 aromatic carbocycles. The molecule has 3 amide bonds. The van der Waals surface area contributed by atoms with E-state index in [1.165, 1.54) is 13.3 Å². The lowest BCUT2D eigenvalue weighted by Crippen LogP contribution is -2.45. The van der Waals surface area contributed by atoms with Gasteiger partial charge in [0.05, 0.1) is 46.1 Å². The number of hydrogen-bond donors (Lipinski definition) is 3. The molecule has 0 saturated heterocycles. The van der Waals surface area contributed by atoms with Crippen LogP contribution in [0.3, 0.4) is 0 Å². The highest BCUT2D eigenvalue weighted by Crippen LogP contribution is 2.35. The summed E-state index contributed by atoms with van der Waals surface area (Å²) in [5, 5.41) is 10.6. The predicted octanol–water partition coefficient (Wildman–Crippen LogP) is 6.72. The van der Waals surface area contributed by atoms with Crippen molar-refractivity contribution in [3.63, 3.8) is 0 Å². The molecule has 1 aliphatic heterocycles. The minimum absolute atomic E-state index is 0.171. The SMILES string of the molecule is CCOC(=O)C1=C(C)NC(=O)N[C@H]1c1ccc(OCC(=O)N/N=C/c2cc(Cl)cc(Br)c2OCc2ccc(Cl)c(Cl)c2)c(OC)c1. The number of benzene rings is 3. The Morgan fingerprint density at radius 1 is 1.04 bits per heavy atom. The van der Waals surface area contributed by atoms with Crippen molar-refractivity contribution in [2.45, 2.75) is 26.5 Å². The van der Waals surface area contributed by atoms with Crippen molar-refractivity contribution in [3.8, 4) is 17.2 Å². The molecule has 46 heavy (non-hydrogen) atoms. The van der Waals surface area contributed by atoms with Gasteiger partial charge in [-0.2, -0.15) is 5.10 Å². The van der Waals surface area contributed by atoms with E-state index in [4.69, 9.17) is 53.8 Å². The van der Waals surface area contributed by atoms with Crippen LogP contribution in [0.1, 0.15) is 36.6 Å². The number of carbonyl (C=O) groups excluding carboxylic acids is 3. The number of rotatable bonds is 12. The number of urea groups is 1. The van der Waals surface area contributed by atoms with Crippen LogP contribution in [0, 0.1) is 0 Å². The molecule has 0 bridgehead atoms. The van der Waals surface area contributed by atoms with Gasteiger partial charge >= 0.3 is 12.0 Å². The summed E-state index contributed by atoms with van der Waals surface area (Å²) in [5.74, 6) is -0.161. The number of nitrogens with zero attached hydrogens (tertiary/aromatic N) is 1. The summed E-state index contributed by atoms with van der Waals surface area (Å²) in [6.45, 7) is 3.26. The Morgan fingerprint density at radius 3 is 2.54 bits per heavy atom. The average Bonchev–Trinajstić information content (AvgIpc) is 3.00. The second kappa shape index (κ2) is 16.0. The van der Waals surface area contributed by atoms with Crippen molar-refractivity contribution < 1.29 is 33.3 Å². The highest BCUT2D eigenvalue weighted by atomic mass is 79.9. The number of hydrogen-bond acceptors (Lipinski definition) is 8. The molecule has 11 nitrogen and oxygen atoms in total. The number of ether oxygens (including phenoxy) is 4. The van der Waals surface area contributed by atoms with E-state index in [0.717, 1.165) is 5.56 Å². The van der Waals surface area contributed by atoms with Crippen LogP contribution in [-0.4, -0.2) is 44.4 Å². The first kappa shape index (κ1) is 34.9. The number of amides is 3. The first-order chi connectivity index (χ1) is 22.0. The summed E-state index contributed by atoms with van der Waals surface area (Å²) in [7, 11) is 1.43. The molecule has 1 atom stereocenters. The van der Waals surface area contributed by atoms with Crippen LogP contribution in [0.15, 0.2) is 69.4 Å². The van der Waals surface area contributed by atoms with E-state index < -0.39 is 30.6 Å². The Bertz CT molecular complexity index is 1720. The monoisotopic (exact) mass is 752 g/mol. The molecule has 0 saturated carbocycles. The molecule has 0 spiro atoms. The van der Waals surface area contributed by atoms with Crippen molar-refractivity contribution in [3.05, 3.63) is 96.0 Å². The standard InChI is InChI=1S/C31H28BrCl3N4O7/c1-4-44-30(41)27-16(2)37-31(42)38-28(27)18-6-8-24(25(11-18)43-3)45-15-26(40)39-36-13-19-10-20(33)12-21(32)29(19)46-14-17-5-7-22(34)23(35)9-17/h5-13,28H,4,14-15H2,1-3H3,(H,39,40)(H2,37,38,42)/b36-13+/t28-/m0/s1. The van der Waals surface area contributed by atoms with Crippen molar-refractivity contribution in [2.75, 3.05) is 20.3 Å². The van der Waals surface area contributed by atoms with Crippen LogP contribution in [0.2, 0.25) is 15.1 Å². The number of hydrazone groups is 1. The maximum atomic E-state index is 12.6. The summed E-state index contributed by atoms with van der Waals surface area (Å²) in [5.41, 5.74) is 4.86. The van der Waals surface area contributed by atoms with Crippen LogP contribution in [0.5, 0.6) is 17.2 Å². The van der Waals surface area contributed by atoms with Gasteiger partial charge < -0.3 is 29.6 Å². The Morgan fingerprint density at radius 2 is 1.83 bits per heavy atom. The topological polar surface area (TPSA) is 137 Å². The first-order valence-corrected chi connectivity index (χ1v) is 15.6. The fraction of sp³-hybridized carbons (Fsp3) is 0.226. The van der Waals surface area contributed by atoms with Gasteiger partial charge in [0, 0.05) is 16.3 Å². The summed E-state index contributed by atoms with van der Waals surface area (Å²) in [6.07, 6.45) is 1.39. The van der Waals surface area contributed by atoms with Gasteiger partial charge in [0.15, 0.2) is 18.1 Å². The van der Waals surface area contributed by atoms with E-state index in [2.05, 4.69) is 37.1 Å². The van der Waals surface area contributed by atoms with Crippen molar-refractivity contribution in [1.29, 1.82) is 0 Å². The summed E-state index contributed by atoms with van der Waals surface area (Å²) < 4.78 is 22.9. The van der Waals surface area contributed by atoms with Crippen molar-refractivity contribution in [1.82, 2.24) is 16.1 Å². The molecular weight excluding hydrogens is 727 g/mol. The Hall–Kier alpha value is -3.97. The molecule has 1 aliphatic rings. The van der Waals surface area contributed by atoms with Gasteiger partial charge in [-0.25, -0.2) is 15.0 Å². The largest absolute Gasteiger partial charge is 0.493 e. The van der Waals surface area contributed by atoms with Gasteiger partial charge in [-0.1, -0.05) is 46.9 Å². The van der Waals surface area contributed by atoms with Crippen molar-refractivity contribution in [2.24, 2.45) is 5.10 Å². The zero-order valence-corrected chi connectivity index (χ0v) is 28.6. The third kappa shape index (κ3) is 8.85. The van der Waals surface area contributed by atoms with E-state index in [9.17, 15) is 14.4 Å². The molecule has 1 heterocycles. The molecule has 0 fully saturated rings. The first-order valence-electron chi connectivity index (χ1n) is 13.6. The highest BCUT2D eigenvalue weighted by Gasteiger charge is 2.32. The third-order valence-corrected chi connectivity index (χ3v) is 7.99. The smallest absolute Gasteiger partial charge is 0.338 e. The third-order valence-electron chi connectivity index (χ3n) is 6.44. The molecule has 0 aromatic heterocycles. The van der Waals surface area contributed by atoms with Crippen LogP contribution in [0.4, 0.5) is 4.79 Å². The second-order valence-electron chi connectivity index (χ2n) is 9.63. The van der Waals surface area contributed by atoms with E-state index in [1.54, 1.807) is 62.4 Å². The van der Waals surface area contributed by atoms with Gasteiger partial charge in [0.2, 0.25) is 0 Å². The molecule has 0 radical (unpaired) electrons. The van der Waals surface area contributed by atoms with Gasteiger partial charge in [-0.15, -0.1) is 0 Å². The lowest BCUT2D eigenvalue weighted by Gasteiger charge is -2.28. The molecule has 3 N–H and O–H groups in total. The lowest BCUT2D eigenvalue weighted by atomic mass is 9.95. The minimum atomic E-state index is -0.794. The Labute approximate surface area is 288 Å². The minimum Gasteiger partial charge on any atom is -0.493 e. The van der Waals surface area contributed by atoms with Gasteiger partial charge in [-0.05, 0) is 77.3 Å². The molecule has 3 aromatic rings. The predicted molar refractivity (Wildman–Crippen MR) is 178 cm³/mol. The number of carbonyl (C=O) groups is 3. The quantitative estimate of drug-likeness (QED) is 0.106. The number of methoxy groups -OCH3 is 1. The van der Waals surface area contributed by atoms with Crippen molar-refractivity contribution >= 4 is 74.9 Å². The van der Waals surface area contributed by atoms with Gasteiger partial charge in [0.25, 0.3) is 5.91 Å². The lowest BCUT2D eigenvalue weighted by molar-refractivity contribution is -0.139. The van der Waals surface area contributed by atoms with Gasteiger partial charge in [0.1, 0.15) is 12.4 Å². The van der Waals surface area contributed by atoms with E-state index in [0.29, 0.717) is 42.1 Å². The van der Waals surface area contributed by atoms with Crippen LogP contribution < -0.4 is 30.3 Å². The maximum Gasteiger partial charge on any atom is 0.338 e. The maximum absolute atomic E-state index is 12.6. The second-order valence-corrected chi connectivity index (χ2v) is 11.7. The molecular formula is C31H28BrCl3N4O7. The number of halogens is 4. The van der Waals surface area contributed by atoms with E-state index >= 15 is 0 Å². The number of allylic oxidation sites excluding steroid dienone is 1. The van der Waals surface area contributed by atoms with Gasteiger partial charge in [-0.3, -0.25) is 4.79 Å². The number of esters is 1. The summed E-state index contributed by atoms with van der Waals surface area (Å²) in [4.78, 5) is 37.4. The Kier molecular flexibility index (Phi) is 12.2. The summed E-state index contributed by atoms with van der Waals surface area (Å²) in [6, 6.07) is 12.0. The van der Waals surface area contributed by atoms with Crippen LogP contribution in [-0.2, 0) is 20.9 Å². The van der Waals surface area contributed by atoms with Crippen LogP contribution in [0.25, 0.3) is 0 Å². The molecule has 0 aliphatic carbocycles. The molecule has 242 valence electrons. The van der Waals surface area contributed by atoms with E-state index in [1.807, 2.05) is 0 Å². The molecule has 4 rings (SSSR count). The fourth-order valence-electron chi connectivity index (χ4n) is 4.37. The fourth-order valence-corrected chi connectivity index (χ4v) is 5.64. The summed E-state index contributed by atoms with van der Waals surface area (Å²) >= 11 is 21.8. The average molecular weight is 755 g/mol. The Balaban J connectivity index is 1.41. The zero-order chi connectivity index (χ0) is 33.4. The molecule has 0 unspecified atom stereocenters. The molecule has 15 heteroatoms. The van der Waals surface area contributed by atoms with Crippen LogP contribution >= 0.6 is 50.7 Å². The zero-order valence-electron chi connectivity index (χ0n) is 24.7. The van der Waals surface area contributed by atoms with E-state index in [-0.39, 0.29) is 30.3 Å².